The van der Waals surface area contributed by atoms with Gasteiger partial charge in [0.1, 0.15) is 5.75 Å². The van der Waals surface area contributed by atoms with Crippen molar-refractivity contribution in [3.05, 3.63) is 53.6 Å². The van der Waals surface area contributed by atoms with Gasteiger partial charge in [0.15, 0.2) is 0 Å². The highest BCUT2D eigenvalue weighted by molar-refractivity contribution is 7.56. The molecule has 21 heavy (non-hydrogen) atoms. The van der Waals surface area contributed by atoms with Gasteiger partial charge in [0, 0.05) is 17.1 Å². The molecule has 0 fully saturated rings. The third kappa shape index (κ3) is 4.68. The lowest BCUT2D eigenvalue weighted by Crippen LogP contribution is -2.13. The normalized spacial score (nSPS) is 12.6. The van der Waals surface area contributed by atoms with Crippen molar-refractivity contribution in [3.63, 3.8) is 0 Å². The van der Waals surface area contributed by atoms with Gasteiger partial charge in [-0.3, -0.25) is 4.99 Å². The first-order valence-electron chi connectivity index (χ1n) is 7.06. The predicted molar refractivity (Wildman–Crippen MR) is 94.2 cm³/mol. The van der Waals surface area contributed by atoms with Crippen molar-refractivity contribution in [2.45, 2.75) is 33.2 Å². The summed E-state index contributed by atoms with van der Waals surface area (Å²) in [7, 11) is 0.423. The maximum absolute atomic E-state index is 10.0. The predicted octanol–water partition coefficient (Wildman–Crippen LogP) is 3.55. The van der Waals surface area contributed by atoms with Crippen molar-refractivity contribution in [2.75, 3.05) is 0 Å². The minimum atomic E-state index is -0.0817. The Morgan fingerprint density at radius 3 is 2.48 bits per heavy atom. The molecule has 2 aromatic rings. The minimum Gasteiger partial charge on any atom is -0.507 e. The van der Waals surface area contributed by atoms with Crippen LogP contribution in [0.5, 0.6) is 5.75 Å². The molecule has 1 atom stereocenters. The van der Waals surface area contributed by atoms with Crippen LogP contribution in [-0.2, 0) is 0 Å². The number of phenolic OH excluding ortho intramolecular Hbond substituents is 1. The van der Waals surface area contributed by atoms with E-state index in [9.17, 15) is 5.11 Å². The van der Waals surface area contributed by atoms with Crippen LogP contribution in [0.2, 0.25) is 0 Å². The lowest BCUT2D eigenvalue weighted by molar-refractivity contribution is 0.479. The topological polar surface area (TPSA) is 32.6 Å². The van der Waals surface area contributed by atoms with E-state index in [4.69, 9.17) is 0 Å². The van der Waals surface area contributed by atoms with Crippen molar-refractivity contribution in [2.24, 2.45) is 4.99 Å². The summed E-state index contributed by atoms with van der Waals surface area (Å²) >= 11 is 0. The lowest BCUT2D eigenvalue weighted by Gasteiger charge is -2.13. The van der Waals surface area contributed by atoms with E-state index in [0.717, 1.165) is 16.4 Å². The molecule has 0 heterocycles. The minimum absolute atomic E-state index is 0.0817. The van der Waals surface area contributed by atoms with Crippen LogP contribution in [0.25, 0.3) is 0 Å². The zero-order valence-electron chi connectivity index (χ0n) is 13.0. The van der Waals surface area contributed by atoms with Gasteiger partial charge in [-0.1, -0.05) is 44.5 Å². The van der Waals surface area contributed by atoms with E-state index in [1.165, 1.54) is 5.30 Å². The van der Waals surface area contributed by atoms with Crippen molar-refractivity contribution in [1.82, 2.24) is 0 Å². The molecule has 0 spiro atoms. The summed E-state index contributed by atoms with van der Waals surface area (Å²) in [6.45, 7) is 8.29. The molecular formula is C18H22NOP. The number of phenols is 1. The fourth-order valence-corrected chi connectivity index (χ4v) is 3.15. The van der Waals surface area contributed by atoms with Gasteiger partial charge in [0.05, 0.1) is 5.54 Å². The standard InChI is InChI=1S/C18H22NOP/c1-13-9-10-15(20)17(11-13)21-16-8-6-5-7-14(16)12-19-18(2,3)4/h5-12,20-21H,1-4H3. The molecular weight excluding hydrogens is 277 g/mol. The van der Waals surface area contributed by atoms with Crippen LogP contribution in [0.15, 0.2) is 47.5 Å². The van der Waals surface area contributed by atoms with Crippen molar-refractivity contribution in [3.8, 4) is 5.75 Å². The highest BCUT2D eigenvalue weighted by Crippen LogP contribution is 2.20. The molecule has 2 rings (SSSR count). The van der Waals surface area contributed by atoms with Gasteiger partial charge < -0.3 is 5.11 Å². The van der Waals surface area contributed by atoms with E-state index in [0.29, 0.717) is 14.3 Å². The number of hydrogen-bond donors (Lipinski definition) is 1. The van der Waals surface area contributed by atoms with E-state index in [1.807, 2.05) is 37.4 Å². The fourth-order valence-electron chi connectivity index (χ4n) is 1.88. The fraction of sp³-hybridized carbons (Fsp3) is 0.278. The molecule has 110 valence electrons. The molecule has 3 heteroatoms. The second-order valence-corrected chi connectivity index (χ2v) is 7.49. The summed E-state index contributed by atoms with van der Waals surface area (Å²) in [5, 5.41) is 12.2. The third-order valence-corrected chi connectivity index (χ3v) is 4.37. The number of aliphatic imine (C=N–C) groups is 1. The lowest BCUT2D eigenvalue weighted by atomic mass is 10.1. The summed E-state index contributed by atoms with van der Waals surface area (Å²) in [6, 6.07) is 14.0. The smallest absolute Gasteiger partial charge is 0.123 e. The molecule has 0 bridgehead atoms. The summed E-state index contributed by atoms with van der Waals surface area (Å²) in [4.78, 5) is 4.59. The van der Waals surface area contributed by atoms with Gasteiger partial charge in [0.25, 0.3) is 0 Å². The first kappa shape index (κ1) is 15.7. The average molecular weight is 299 g/mol. The zero-order chi connectivity index (χ0) is 15.5. The van der Waals surface area contributed by atoms with Gasteiger partial charge in [-0.05, 0) is 45.1 Å². The molecule has 0 aliphatic heterocycles. The maximum atomic E-state index is 10.0. The highest BCUT2D eigenvalue weighted by Gasteiger charge is 2.08. The van der Waals surface area contributed by atoms with E-state index in [2.05, 4.69) is 37.9 Å². The van der Waals surface area contributed by atoms with Crippen LogP contribution in [0.4, 0.5) is 0 Å². The molecule has 0 radical (unpaired) electrons. The SMILES string of the molecule is Cc1ccc(O)c(Pc2ccccc2C=NC(C)(C)C)c1. The third-order valence-electron chi connectivity index (χ3n) is 2.97. The van der Waals surface area contributed by atoms with E-state index < -0.39 is 0 Å². The van der Waals surface area contributed by atoms with Crippen LogP contribution >= 0.6 is 8.58 Å². The van der Waals surface area contributed by atoms with Crippen LogP contribution in [0.3, 0.4) is 0 Å². The summed E-state index contributed by atoms with van der Waals surface area (Å²) in [6.07, 6.45) is 1.94. The molecule has 2 aromatic carbocycles. The Balaban J connectivity index is 2.32. The summed E-state index contributed by atoms with van der Waals surface area (Å²) in [5.41, 5.74) is 2.20. The van der Waals surface area contributed by atoms with Gasteiger partial charge in [-0.15, -0.1) is 0 Å². The molecule has 1 unspecified atom stereocenters. The number of rotatable bonds is 3. The Morgan fingerprint density at radius 2 is 1.76 bits per heavy atom. The first-order valence-corrected chi connectivity index (χ1v) is 8.06. The Kier molecular flexibility index (Phi) is 4.80. The van der Waals surface area contributed by atoms with E-state index in [-0.39, 0.29) is 5.54 Å². The van der Waals surface area contributed by atoms with Crippen LogP contribution in [0.1, 0.15) is 31.9 Å². The maximum Gasteiger partial charge on any atom is 0.123 e. The van der Waals surface area contributed by atoms with E-state index in [1.54, 1.807) is 6.07 Å². The highest BCUT2D eigenvalue weighted by atomic mass is 31.1. The van der Waals surface area contributed by atoms with Crippen LogP contribution < -0.4 is 10.6 Å². The number of benzene rings is 2. The molecule has 2 nitrogen and oxygen atoms in total. The van der Waals surface area contributed by atoms with Crippen molar-refractivity contribution >= 4 is 25.4 Å². The van der Waals surface area contributed by atoms with Crippen molar-refractivity contribution < 1.29 is 5.11 Å². The summed E-state index contributed by atoms with van der Waals surface area (Å²) < 4.78 is 0. The quantitative estimate of drug-likeness (QED) is 0.682. The first-order chi connectivity index (χ1) is 9.85. The average Bonchev–Trinajstić information content (AvgIpc) is 2.41. The number of aryl methyl sites for hydroxylation is 1. The second-order valence-electron chi connectivity index (χ2n) is 6.16. The Bertz CT molecular complexity index is 657. The molecule has 0 saturated heterocycles. The van der Waals surface area contributed by atoms with Gasteiger partial charge in [0.2, 0.25) is 0 Å². The zero-order valence-corrected chi connectivity index (χ0v) is 14.0. The van der Waals surface area contributed by atoms with Gasteiger partial charge in [-0.2, -0.15) is 0 Å². The Labute approximate surface area is 128 Å². The molecule has 1 N–H and O–H groups in total. The number of aromatic hydroxyl groups is 1. The van der Waals surface area contributed by atoms with E-state index >= 15 is 0 Å². The van der Waals surface area contributed by atoms with Crippen LogP contribution in [-0.4, -0.2) is 16.9 Å². The monoisotopic (exact) mass is 299 g/mol. The van der Waals surface area contributed by atoms with Crippen molar-refractivity contribution in [1.29, 1.82) is 0 Å². The largest absolute Gasteiger partial charge is 0.507 e. The second kappa shape index (κ2) is 6.41. The van der Waals surface area contributed by atoms with Gasteiger partial charge >= 0.3 is 0 Å². The Hall–Kier alpha value is -1.66. The Morgan fingerprint density at radius 1 is 1.05 bits per heavy atom. The molecule has 0 amide bonds. The molecule has 0 saturated carbocycles. The van der Waals surface area contributed by atoms with Gasteiger partial charge in [-0.25, -0.2) is 0 Å². The summed E-state index contributed by atoms with van der Waals surface area (Å²) in [5.74, 6) is 0.362. The van der Waals surface area contributed by atoms with Crippen LogP contribution in [0, 0.1) is 6.92 Å². The molecule has 0 aromatic heterocycles. The molecule has 0 aliphatic rings. The molecule has 0 aliphatic carbocycles. The number of nitrogens with zero attached hydrogens (tertiary/aromatic N) is 1. The number of hydrogen-bond acceptors (Lipinski definition) is 2.